The van der Waals surface area contributed by atoms with E-state index in [2.05, 4.69) is 52.9 Å². The molecule has 1 aromatic rings. The van der Waals surface area contributed by atoms with Crippen molar-refractivity contribution >= 4 is 14.3 Å². The number of benzene rings is 1. The maximum atomic E-state index is 12.2. The van der Waals surface area contributed by atoms with E-state index in [-0.39, 0.29) is 35.4 Å². The summed E-state index contributed by atoms with van der Waals surface area (Å²) in [5.74, 6) is -0.236. The van der Waals surface area contributed by atoms with Crippen LogP contribution in [0.5, 0.6) is 0 Å². The number of hydrogen-bond donors (Lipinski definition) is 0. The van der Waals surface area contributed by atoms with Gasteiger partial charge in [-0.2, -0.15) is 0 Å². The fourth-order valence-electron chi connectivity index (χ4n) is 3.30. The van der Waals surface area contributed by atoms with Crippen molar-refractivity contribution in [3.63, 3.8) is 0 Å². The highest BCUT2D eigenvalue weighted by Crippen LogP contribution is 2.40. The van der Waals surface area contributed by atoms with Gasteiger partial charge in [0.05, 0.1) is 25.4 Å². The first-order valence-corrected chi connectivity index (χ1v) is 14.2. The lowest BCUT2D eigenvalue weighted by atomic mass is 9.91. The van der Waals surface area contributed by atoms with E-state index < -0.39 is 8.32 Å². The Balaban J connectivity index is 2.21. The molecule has 1 fully saturated rings. The van der Waals surface area contributed by atoms with E-state index in [1.807, 2.05) is 24.3 Å². The van der Waals surface area contributed by atoms with Crippen LogP contribution in [-0.2, 0) is 30.0 Å². The zero-order valence-corrected chi connectivity index (χ0v) is 21.4. The summed E-state index contributed by atoms with van der Waals surface area (Å²) >= 11 is 0. The Morgan fingerprint density at radius 1 is 1.23 bits per heavy atom. The molecule has 6 heteroatoms. The van der Waals surface area contributed by atoms with Gasteiger partial charge in [0.1, 0.15) is 0 Å². The van der Waals surface area contributed by atoms with Crippen LogP contribution in [0.2, 0.25) is 18.1 Å². The first-order valence-electron chi connectivity index (χ1n) is 11.3. The first kappa shape index (κ1) is 25.8. The van der Waals surface area contributed by atoms with Crippen LogP contribution < -0.4 is 0 Å². The van der Waals surface area contributed by atoms with Crippen LogP contribution in [0.15, 0.2) is 42.0 Å². The predicted molar refractivity (Wildman–Crippen MR) is 126 cm³/mol. The molecule has 0 amide bonds. The Kier molecular flexibility index (Phi) is 9.07. The average Bonchev–Trinajstić information content (AvgIpc) is 2.69. The smallest absolute Gasteiger partial charge is 0.333 e. The minimum absolute atomic E-state index is 0.0417. The van der Waals surface area contributed by atoms with E-state index in [4.69, 9.17) is 18.6 Å². The minimum atomic E-state index is -2.03. The maximum Gasteiger partial charge on any atom is 0.333 e. The third kappa shape index (κ3) is 7.28. The summed E-state index contributed by atoms with van der Waals surface area (Å²) in [6.07, 6.45) is 1.84. The lowest BCUT2D eigenvalue weighted by Crippen LogP contribution is -2.50. The van der Waals surface area contributed by atoms with Crippen LogP contribution in [0.25, 0.3) is 0 Å². The van der Waals surface area contributed by atoms with Gasteiger partial charge in [0, 0.05) is 17.9 Å². The first-order chi connectivity index (χ1) is 14.4. The molecule has 1 saturated heterocycles. The summed E-state index contributed by atoms with van der Waals surface area (Å²) in [6, 6.07) is 10.2. The summed E-state index contributed by atoms with van der Waals surface area (Å²) in [7, 11) is -2.03. The van der Waals surface area contributed by atoms with Gasteiger partial charge in [-0.25, -0.2) is 4.79 Å². The number of esters is 1. The van der Waals surface area contributed by atoms with Crippen LogP contribution in [0.4, 0.5) is 0 Å². The number of ether oxygens (including phenoxy) is 3. The highest BCUT2D eigenvalue weighted by atomic mass is 28.4. The zero-order valence-electron chi connectivity index (χ0n) is 20.4. The number of carbonyl (C=O) groups is 1. The third-order valence-electron chi connectivity index (χ3n) is 6.39. The fourth-order valence-corrected chi connectivity index (χ4v) is 4.46. The lowest BCUT2D eigenvalue weighted by Gasteiger charge is -2.44. The average molecular weight is 449 g/mol. The molecule has 1 heterocycles. The van der Waals surface area contributed by atoms with Crippen LogP contribution >= 0.6 is 0 Å². The predicted octanol–water partition coefficient (Wildman–Crippen LogP) is 5.85. The number of hydrogen-bond acceptors (Lipinski definition) is 5. The van der Waals surface area contributed by atoms with Crippen molar-refractivity contribution in [2.75, 3.05) is 6.61 Å². The quantitative estimate of drug-likeness (QED) is 0.283. The van der Waals surface area contributed by atoms with Crippen molar-refractivity contribution in [3.8, 4) is 0 Å². The van der Waals surface area contributed by atoms with Crippen LogP contribution in [0.1, 0.15) is 53.5 Å². The van der Waals surface area contributed by atoms with Crippen molar-refractivity contribution < 1.29 is 23.4 Å². The number of carbonyl (C=O) groups excluding carboxylic acids is 1. The molecular formula is C25H40O5Si. The largest absolute Gasteiger partial charge is 0.463 e. The molecule has 0 bridgehead atoms. The summed E-state index contributed by atoms with van der Waals surface area (Å²) < 4.78 is 24.4. The molecule has 0 N–H and O–H groups in total. The molecule has 1 aliphatic rings. The fraction of sp³-hybridized carbons (Fsp3) is 0.640. The van der Waals surface area contributed by atoms with Crippen molar-refractivity contribution in [3.05, 3.63) is 47.5 Å². The summed E-state index contributed by atoms with van der Waals surface area (Å²) in [5, 5.41) is 0.0754. The van der Waals surface area contributed by atoms with Crippen molar-refractivity contribution in [1.82, 2.24) is 0 Å². The van der Waals surface area contributed by atoms with Gasteiger partial charge in [0.25, 0.3) is 0 Å². The van der Waals surface area contributed by atoms with Crippen molar-refractivity contribution in [2.24, 2.45) is 5.92 Å². The van der Waals surface area contributed by atoms with E-state index in [0.29, 0.717) is 25.2 Å². The van der Waals surface area contributed by atoms with Gasteiger partial charge >= 0.3 is 5.97 Å². The molecule has 2 rings (SSSR count). The molecule has 0 spiro atoms. The maximum absolute atomic E-state index is 12.2. The van der Waals surface area contributed by atoms with Gasteiger partial charge in [0.2, 0.25) is 0 Å². The van der Waals surface area contributed by atoms with E-state index in [9.17, 15) is 4.79 Å². The lowest BCUT2D eigenvalue weighted by molar-refractivity contribution is -0.202. The molecule has 5 nitrogen and oxygen atoms in total. The second-order valence-electron chi connectivity index (χ2n) is 9.91. The standard InChI is InChI=1S/C25H40O5Si/c1-9-27-24(26)18(2)15-22-19(3)21(28-17-20-13-11-10-12-14-20)16-23(29-22)30-31(7,8)25(4,5)6/h10-15,19,21-23H,9,16-17H2,1-8H3/b18-15-/t19-,21+,22-,23+/m1/s1. The zero-order chi connectivity index (χ0) is 23.2. The molecule has 174 valence electrons. The van der Waals surface area contributed by atoms with Gasteiger partial charge in [0.15, 0.2) is 14.6 Å². The van der Waals surface area contributed by atoms with Crippen LogP contribution in [0, 0.1) is 5.92 Å². The Labute approximate surface area is 189 Å². The molecule has 1 aliphatic heterocycles. The Hall–Kier alpha value is -1.47. The van der Waals surface area contributed by atoms with Gasteiger partial charge in [-0.05, 0) is 43.6 Å². The van der Waals surface area contributed by atoms with Gasteiger partial charge in [-0.3, -0.25) is 0 Å². The molecular weight excluding hydrogens is 408 g/mol. The molecule has 31 heavy (non-hydrogen) atoms. The summed E-state index contributed by atoms with van der Waals surface area (Å²) in [4.78, 5) is 12.2. The Bertz CT molecular complexity index is 738. The second kappa shape index (κ2) is 10.9. The molecule has 0 aromatic heterocycles. The van der Waals surface area contributed by atoms with Crippen molar-refractivity contribution in [1.29, 1.82) is 0 Å². The Morgan fingerprint density at radius 3 is 2.45 bits per heavy atom. The van der Waals surface area contributed by atoms with Gasteiger partial charge < -0.3 is 18.6 Å². The van der Waals surface area contributed by atoms with Crippen molar-refractivity contribution in [2.45, 2.75) is 91.2 Å². The SMILES string of the molecule is CCOC(=O)/C(C)=C\[C@H]1O[C@@H](O[Si](C)(C)C(C)(C)C)C[C@H](OCc2ccccc2)[C@H]1C. The van der Waals surface area contributed by atoms with Crippen LogP contribution in [0.3, 0.4) is 0 Å². The molecule has 0 radical (unpaired) electrons. The highest BCUT2D eigenvalue weighted by Gasteiger charge is 2.43. The summed E-state index contributed by atoms with van der Waals surface area (Å²) in [5.41, 5.74) is 1.69. The molecule has 0 saturated carbocycles. The number of rotatable bonds is 8. The molecule has 4 atom stereocenters. The highest BCUT2D eigenvalue weighted by molar-refractivity contribution is 6.74. The molecule has 1 aromatic carbocycles. The summed E-state index contributed by atoms with van der Waals surface area (Å²) in [6.45, 7) is 17.7. The second-order valence-corrected chi connectivity index (χ2v) is 14.7. The van der Waals surface area contributed by atoms with E-state index in [1.54, 1.807) is 13.8 Å². The van der Waals surface area contributed by atoms with E-state index in [0.717, 1.165) is 5.56 Å². The minimum Gasteiger partial charge on any atom is -0.463 e. The van der Waals surface area contributed by atoms with E-state index >= 15 is 0 Å². The van der Waals surface area contributed by atoms with Gasteiger partial charge in [-0.1, -0.05) is 58.0 Å². The van der Waals surface area contributed by atoms with Crippen LogP contribution in [-0.4, -0.2) is 39.4 Å². The normalized spacial score (nSPS) is 25.4. The third-order valence-corrected chi connectivity index (χ3v) is 10.9. The van der Waals surface area contributed by atoms with Gasteiger partial charge in [-0.15, -0.1) is 0 Å². The molecule has 0 unspecified atom stereocenters. The topological polar surface area (TPSA) is 54.0 Å². The monoisotopic (exact) mass is 448 g/mol. The Morgan fingerprint density at radius 2 is 1.87 bits per heavy atom. The van der Waals surface area contributed by atoms with E-state index in [1.165, 1.54) is 0 Å². The molecule has 0 aliphatic carbocycles.